The molecule has 6 heteroatoms. The lowest BCUT2D eigenvalue weighted by atomic mass is 9.88. The predicted octanol–water partition coefficient (Wildman–Crippen LogP) is 8.68. The van der Waals surface area contributed by atoms with Crippen LogP contribution in [0.15, 0.2) is 128 Å². The first kappa shape index (κ1) is 26.5. The van der Waals surface area contributed by atoms with Crippen LogP contribution in [0.4, 0.5) is 0 Å². The molecule has 0 bridgehead atoms. The van der Waals surface area contributed by atoms with Gasteiger partial charge in [-0.05, 0) is 65.6 Å². The van der Waals surface area contributed by atoms with Gasteiger partial charge in [0.05, 0.1) is 18.1 Å². The van der Waals surface area contributed by atoms with Crippen molar-refractivity contribution < 1.29 is 14.0 Å². The molecule has 0 aliphatic heterocycles. The summed E-state index contributed by atoms with van der Waals surface area (Å²) in [7, 11) is 1.98. The van der Waals surface area contributed by atoms with Crippen LogP contribution in [0.1, 0.15) is 26.3 Å². The van der Waals surface area contributed by atoms with Crippen LogP contribution in [-0.4, -0.2) is 14.1 Å². The van der Waals surface area contributed by atoms with Crippen molar-refractivity contribution in [3.05, 3.63) is 133 Å². The Balaban J connectivity index is 1.27. The molecule has 4 aromatic carbocycles. The van der Waals surface area contributed by atoms with Crippen LogP contribution in [0.3, 0.4) is 0 Å². The van der Waals surface area contributed by atoms with E-state index >= 15 is 0 Å². The van der Waals surface area contributed by atoms with Crippen LogP contribution < -0.4 is 14.0 Å². The van der Waals surface area contributed by atoms with Crippen molar-refractivity contribution in [2.75, 3.05) is 0 Å². The second-order valence-electron chi connectivity index (χ2n) is 11.8. The molecule has 0 radical (unpaired) electrons. The van der Waals surface area contributed by atoms with Crippen molar-refractivity contribution in [2.45, 2.75) is 26.2 Å². The number of ether oxygens (including phenoxy) is 2. The summed E-state index contributed by atoms with van der Waals surface area (Å²) in [4.78, 5) is 4.80. The summed E-state index contributed by atoms with van der Waals surface area (Å²) < 4.78 is 18.9. The predicted molar refractivity (Wildman–Crippen MR) is 171 cm³/mol. The lowest BCUT2D eigenvalue weighted by molar-refractivity contribution is -0.670. The average Bonchev–Trinajstić information content (AvgIpc) is 3.54. The molecule has 0 spiro atoms. The van der Waals surface area contributed by atoms with Crippen molar-refractivity contribution in [1.29, 1.82) is 0 Å². The van der Waals surface area contributed by atoms with Crippen molar-refractivity contribution in [3.63, 3.8) is 0 Å². The van der Waals surface area contributed by atoms with E-state index < -0.39 is 0 Å². The van der Waals surface area contributed by atoms with Crippen molar-refractivity contribution >= 4 is 21.8 Å². The molecule has 0 fully saturated rings. The Bertz CT molecular complexity index is 2080. The van der Waals surface area contributed by atoms with Gasteiger partial charge >= 0.3 is 5.88 Å². The number of hydrogen-bond donors (Lipinski definition) is 0. The Labute approximate surface area is 251 Å². The Kier molecular flexibility index (Phi) is 6.47. The number of para-hydroxylation sites is 2. The molecule has 0 aliphatic rings. The van der Waals surface area contributed by atoms with Crippen molar-refractivity contribution in [3.8, 4) is 34.6 Å². The second kappa shape index (κ2) is 10.5. The van der Waals surface area contributed by atoms with Gasteiger partial charge in [-0.25, -0.2) is 9.55 Å². The first-order chi connectivity index (χ1) is 20.8. The molecule has 3 heterocycles. The summed E-state index contributed by atoms with van der Waals surface area (Å²) in [6.07, 6.45) is 5.84. The number of imidazole rings is 1. The number of aromatic nitrogens is 4. The summed E-state index contributed by atoms with van der Waals surface area (Å²) in [5, 5.41) is 2.34. The molecule has 6 nitrogen and oxygen atoms in total. The molecule has 3 aromatic heterocycles. The smallest absolute Gasteiger partial charge is 0.335 e. The number of rotatable bonds is 6. The zero-order valence-corrected chi connectivity index (χ0v) is 24.7. The summed E-state index contributed by atoms with van der Waals surface area (Å²) in [6, 6.07) is 36.9. The topological polar surface area (TPSA) is 45.1 Å². The maximum absolute atomic E-state index is 6.48. The minimum absolute atomic E-state index is 0.0124. The maximum Gasteiger partial charge on any atom is 0.335 e. The minimum atomic E-state index is 0.0124. The fraction of sp³-hybridized carbons (Fsp3) is 0.135. The van der Waals surface area contributed by atoms with E-state index in [1.165, 1.54) is 10.9 Å². The number of nitrogens with zero attached hydrogens (tertiary/aromatic N) is 4. The molecule has 0 aliphatic carbocycles. The van der Waals surface area contributed by atoms with Crippen molar-refractivity contribution in [2.24, 2.45) is 7.05 Å². The van der Waals surface area contributed by atoms with Crippen LogP contribution >= 0.6 is 0 Å². The molecule has 0 amide bonds. The largest absolute Gasteiger partial charge is 0.457 e. The standard InChI is InChI=1S/C37H33N4O2/c1-37(2,3)26-19-20-38-35(21-26)41-33-16-9-8-15-31(33)32-18-17-30(23-34(32)41)42-29-14-10-11-27(22-29)40-25-39(4)24-36(40)43-28-12-6-5-7-13-28/h5-25H,1-4H3/q+1. The van der Waals surface area contributed by atoms with Gasteiger partial charge in [-0.15, -0.1) is 0 Å². The summed E-state index contributed by atoms with van der Waals surface area (Å²) in [5.41, 5.74) is 4.34. The van der Waals surface area contributed by atoms with Gasteiger partial charge in [-0.1, -0.05) is 63.2 Å². The molecule has 7 rings (SSSR count). The highest BCUT2D eigenvalue weighted by Crippen LogP contribution is 2.36. The van der Waals surface area contributed by atoms with Gasteiger partial charge in [0.25, 0.3) is 6.33 Å². The molecular formula is C37H33N4O2+. The van der Waals surface area contributed by atoms with Crippen LogP contribution in [-0.2, 0) is 12.5 Å². The van der Waals surface area contributed by atoms with Crippen LogP contribution in [0.25, 0.3) is 33.3 Å². The zero-order valence-electron chi connectivity index (χ0n) is 24.7. The molecular weight excluding hydrogens is 532 g/mol. The molecule has 212 valence electrons. The number of aryl methyl sites for hydroxylation is 1. The van der Waals surface area contributed by atoms with Crippen LogP contribution in [0, 0.1) is 0 Å². The number of hydrogen-bond acceptors (Lipinski definition) is 3. The summed E-state index contributed by atoms with van der Waals surface area (Å²) in [6.45, 7) is 6.67. The summed E-state index contributed by atoms with van der Waals surface area (Å²) >= 11 is 0. The molecule has 0 unspecified atom stereocenters. The van der Waals surface area contributed by atoms with E-state index in [-0.39, 0.29) is 5.41 Å². The fourth-order valence-electron chi connectivity index (χ4n) is 5.49. The van der Waals surface area contributed by atoms with E-state index in [0.717, 1.165) is 45.2 Å². The second-order valence-corrected chi connectivity index (χ2v) is 11.8. The van der Waals surface area contributed by atoms with Crippen molar-refractivity contribution in [1.82, 2.24) is 14.1 Å². The monoisotopic (exact) mass is 565 g/mol. The summed E-state index contributed by atoms with van der Waals surface area (Å²) in [5.74, 6) is 3.86. The van der Waals surface area contributed by atoms with Gasteiger partial charge in [0.15, 0.2) is 6.20 Å². The van der Waals surface area contributed by atoms with E-state index in [0.29, 0.717) is 5.88 Å². The normalized spacial score (nSPS) is 11.7. The molecule has 0 saturated carbocycles. The van der Waals surface area contributed by atoms with E-state index in [1.54, 1.807) is 0 Å². The Morgan fingerprint density at radius 1 is 0.674 bits per heavy atom. The van der Waals surface area contributed by atoms with Crippen LogP contribution in [0.5, 0.6) is 23.1 Å². The first-order valence-electron chi connectivity index (χ1n) is 14.4. The Morgan fingerprint density at radius 3 is 2.26 bits per heavy atom. The maximum atomic E-state index is 6.48. The van der Waals surface area contributed by atoms with Gasteiger partial charge in [0.1, 0.15) is 28.8 Å². The molecule has 0 atom stereocenters. The SMILES string of the molecule is C[n+]1cc(Oc2ccccc2)n(-c2cccc(Oc3ccc4c5ccccc5n(-c5cc(C(C)(C)C)ccn5)c4c3)c2)c1. The van der Waals surface area contributed by atoms with E-state index in [9.17, 15) is 0 Å². The molecule has 0 N–H and O–H groups in total. The highest BCUT2D eigenvalue weighted by Gasteiger charge is 2.19. The number of pyridine rings is 1. The van der Waals surface area contributed by atoms with Gasteiger partial charge in [0, 0.05) is 29.1 Å². The van der Waals surface area contributed by atoms with Gasteiger partial charge < -0.3 is 9.47 Å². The fourth-order valence-corrected chi connectivity index (χ4v) is 5.49. The number of benzene rings is 4. The third-order valence-corrected chi connectivity index (χ3v) is 7.63. The third kappa shape index (κ3) is 5.12. The minimum Gasteiger partial charge on any atom is -0.457 e. The Morgan fingerprint density at radius 2 is 1.42 bits per heavy atom. The lowest BCUT2D eigenvalue weighted by Crippen LogP contribution is -2.23. The van der Waals surface area contributed by atoms with Gasteiger partial charge in [-0.3, -0.25) is 4.57 Å². The highest BCUT2D eigenvalue weighted by atomic mass is 16.5. The Hall–Kier alpha value is -5.36. The average molecular weight is 566 g/mol. The number of fused-ring (bicyclic) bond motifs is 3. The lowest BCUT2D eigenvalue weighted by Gasteiger charge is -2.20. The zero-order chi connectivity index (χ0) is 29.6. The highest BCUT2D eigenvalue weighted by molar-refractivity contribution is 6.09. The van der Waals surface area contributed by atoms with Gasteiger partial charge in [-0.2, -0.15) is 4.57 Å². The molecule has 43 heavy (non-hydrogen) atoms. The van der Waals surface area contributed by atoms with Crippen LogP contribution in [0.2, 0.25) is 0 Å². The van der Waals surface area contributed by atoms with E-state index in [1.807, 2.05) is 95.6 Å². The third-order valence-electron chi connectivity index (χ3n) is 7.63. The van der Waals surface area contributed by atoms with Gasteiger partial charge in [0.2, 0.25) is 0 Å². The quantitative estimate of drug-likeness (QED) is 0.190. The first-order valence-corrected chi connectivity index (χ1v) is 14.4. The van der Waals surface area contributed by atoms with E-state index in [4.69, 9.17) is 14.5 Å². The molecule has 0 saturated heterocycles. The van der Waals surface area contributed by atoms with E-state index in [2.05, 4.69) is 73.9 Å². The molecule has 7 aromatic rings.